The molecule has 0 fully saturated rings. The fourth-order valence-electron chi connectivity index (χ4n) is 1.95. The van der Waals surface area contributed by atoms with Gasteiger partial charge < -0.3 is 10.8 Å². The molecule has 0 saturated carbocycles. The minimum atomic E-state index is -0.741. The standard InChI is InChI=1S/C14H9ClN6O2/c15-9-1-3-10(4-2-9)20-7-11(22)12(19-20)14(23)21-13(17)8(5-16)6-18-21/h1-4,6-7,22H,17H2. The molecule has 9 heteroatoms. The third-order valence-electron chi connectivity index (χ3n) is 3.11. The molecule has 0 spiro atoms. The molecule has 0 bridgehead atoms. The number of carbonyl (C=O) groups excluding carboxylic acids is 1. The van der Waals surface area contributed by atoms with Crippen LogP contribution in [-0.4, -0.2) is 30.6 Å². The van der Waals surface area contributed by atoms with Gasteiger partial charge in [-0.15, -0.1) is 0 Å². The number of rotatable bonds is 2. The van der Waals surface area contributed by atoms with Crippen LogP contribution in [0.15, 0.2) is 36.7 Å². The normalized spacial score (nSPS) is 10.4. The molecule has 0 unspecified atom stereocenters. The van der Waals surface area contributed by atoms with Gasteiger partial charge in [-0.1, -0.05) is 11.6 Å². The van der Waals surface area contributed by atoms with Gasteiger partial charge in [0.15, 0.2) is 11.4 Å². The van der Waals surface area contributed by atoms with Gasteiger partial charge in [0.25, 0.3) is 0 Å². The van der Waals surface area contributed by atoms with Crippen LogP contribution >= 0.6 is 11.6 Å². The Balaban J connectivity index is 2.01. The summed E-state index contributed by atoms with van der Waals surface area (Å²) in [6.45, 7) is 0. The van der Waals surface area contributed by atoms with Crippen LogP contribution in [0.3, 0.4) is 0 Å². The minimum absolute atomic E-state index is 0.0648. The number of hydrogen-bond donors (Lipinski definition) is 2. The number of nitrogen functional groups attached to an aromatic ring is 1. The molecule has 0 radical (unpaired) electrons. The molecule has 2 heterocycles. The summed E-state index contributed by atoms with van der Waals surface area (Å²) < 4.78 is 2.14. The first-order chi connectivity index (χ1) is 11.0. The lowest BCUT2D eigenvalue weighted by Crippen LogP contribution is -2.17. The van der Waals surface area contributed by atoms with E-state index in [0.29, 0.717) is 10.7 Å². The molecule has 3 rings (SSSR count). The summed E-state index contributed by atoms with van der Waals surface area (Å²) in [5.74, 6) is -1.19. The topological polar surface area (TPSA) is 123 Å². The predicted molar refractivity (Wildman–Crippen MR) is 81.3 cm³/mol. The van der Waals surface area contributed by atoms with E-state index in [1.54, 1.807) is 24.3 Å². The van der Waals surface area contributed by atoms with Gasteiger partial charge in [-0.3, -0.25) is 4.79 Å². The molecule has 114 valence electrons. The van der Waals surface area contributed by atoms with E-state index in [9.17, 15) is 9.90 Å². The lowest BCUT2D eigenvalue weighted by atomic mass is 10.3. The number of aromatic nitrogens is 4. The van der Waals surface area contributed by atoms with E-state index in [-0.39, 0.29) is 22.8 Å². The van der Waals surface area contributed by atoms with Crippen molar-refractivity contribution in [1.82, 2.24) is 19.6 Å². The van der Waals surface area contributed by atoms with Crippen molar-refractivity contribution in [3.05, 3.63) is 52.9 Å². The van der Waals surface area contributed by atoms with E-state index in [1.165, 1.54) is 17.1 Å². The number of aromatic hydroxyl groups is 1. The van der Waals surface area contributed by atoms with Gasteiger partial charge in [-0.25, -0.2) is 4.68 Å². The second-order valence-electron chi connectivity index (χ2n) is 4.56. The summed E-state index contributed by atoms with van der Waals surface area (Å²) in [6.07, 6.45) is 2.45. The van der Waals surface area contributed by atoms with Crippen LogP contribution in [0.25, 0.3) is 5.69 Å². The highest BCUT2D eigenvalue weighted by atomic mass is 35.5. The molecule has 0 aliphatic rings. The maximum absolute atomic E-state index is 12.4. The highest BCUT2D eigenvalue weighted by Gasteiger charge is 2.22. The molecule has 3 N–H and O–H groups in total. The van der Waals surface area contributed by atoms with Crippen molar-refractivity contribution in [3.8, 4) is 17.5 Å². The van der Waals surface area contributed by atoms with E-state index in [2.05, 4.69) is 10.2 Å². The lowest BCUT2D eigenvalue weighted by molar-refractivity contribution is 0.0940. The maximum atomic E-state index is 12.4. The van der Waals surface area contributed by atoms with Gasteiger partial charge in [0.05, 0.1) is 18.1 Å². The summed E-state index contributed by atoms with van der Waals surface area (Å²) in [7, 11) is 0. The highest BCUT2D eigenvalue weighted by molar-refractivity contribution is 6.30. The first-order valence-corrected chi connectivity index (χ1v) is 6.72. The van der Waals surface area contributed by atoms with E-state index >= 15 is 0 Å². The first kappa shape index (κ1) is 14.6. The Bertz CT molecular complexity index is 935. The van der Waals surface area contributed by atoms with E-state index < -0.39 is 5.91 Å². The molecular weight excluding hydrogens is 320 g/mol. The molecule has 1 aromatic carbocycles. The molecule has 23 heavy (non-hydrogen) atoms. The fourth-order valence-corrected chi connectivity index (χ4v) is 2.08. The number of anilines is 1. The van der Waals surface area contributed by atoms with Crippen LogP contribution in [-0.2, 0) is 0 Å². The number of hydrogen-bond acceptors (Lipinski definition) is 6. The number of halogens is 1. The van der Waals surface area contributed by atoms with Crippen LogP contribution in [0, 0.1) is 11.3 Å². The zero-order valence-electron chi connectivity index (χ0n) is 11.5. The zero-order chi connectivity index (χ0) is 16.6. The zero-order valence-corrected chi connectivity index (χ0v) is 12.3. The van der Waals surface area contributed by atoms with Crippen LogP contribution in [0.2, 0.25) is 5.02 Å². The van der Waals surface area contributed by atoms with Crippen molar-refractivity contribution in [2.45, 2.75) is 0 Å². The first-order valence-electron chi connectivity index (χ1n) is 6.34. The highest BCUT2D eigenvalue weighted by Crippen LogP contribution is 2.21. The maximum Gasteiger partial charge on any atom is 0.304 e. The summed E-state index contributed by atoms with van der Waals surface area (Å²) in [6, 6.07) is 8.48. The summed E-state index contributed by atoms with van der Waals surface area (Å²) in [5.41, 5.74) is 6.10. The quantitative estimate of drug-likeness (QED) is 0.736. The fraction of sp³-hybridized carbons (Fsp3) is 0. The van der Waals surface area contributed by atoms with Crippen molar-refractivity contribution in [1.29, 1.82) is 5.26 Å². The van der Waals surface area contributed by atoms with Crippen molar-refractivity contribution >= 4 is 23.3 Å². The van der Waals surface area contributed by atoms with Crippen molar-refractivity contribution in [2.24, 2.45) is 0 Å². The summed E-state index contributed by atoms with van der Waals surface area (Å²) >= 11 is 5.81. The Kier molecular flexibility index (Phi) is 3.48. The van der Waals surface area contributed by atoms with Crippen LogP contribution < -0.4 is 5.73 Å². The Morgan fingerprint density at radius 3 is 2.65 bits per heavy atom. The van der Waals surface area contributed by atoms with E-state index in [4.69, 9.17) is 22.6 Å². The van der Waals surface area contributed by atoms with E-state index in [0.717, 1.165) is 4.68 Å². The van der Waals surface area contributed by atoms with Gasteiger partial charge in [0, 0.05) is 5.02 Å². The predicted octanol–water partition coefficient (Wildman–Crippen LogP) is 1.57. The number of carbonyl (C=O) groups is 1. The minimum Gasteiger partial charge on any atom is -0.504 e. The Labute approximate surface area is 134 Å². The molecule has 3 aromatic rings. The van der Waals surface area contributed by atoms with Gasteiger partial charge in [0.1, 0.15) is 17.5 Å². The second-order valence-corrected chi connectivity index (χ2v) is 4.99. The molecule has 8 nitrogen and oxygen atoms in total. The molecule has 0 amide bonds. The lowest BCUT2D eigenvalue weighted by Gasteiger charge is -2.01. The van der Waals surface area contributed by atoms with Crippen LogP contribution in [0.4, 0.5) is 5.82 Å². The third kappa shape index (κ3) is 2.49. The van der Waals surface area contributed by atoms with Gasteiger partial charge in [-0.2, -0.15) is 20.1 Å². The van der Waals surface area contributed by atoms with Gasteiger partial charge in [-0.05, 0) is 24.3 Å². The SMILES string of the molecule is N#Cc1cnn(C(=O)c2nn(-c3ccc(Cl)cc3)cc2O)c1N. The number of nitrogens with zero attached hydrogens (tertiary/aromatic N) is 5. The second kappa shape index (κ2) is 5.47. The molecule has 0 aliphatic carbocycles. The molecule has 2 aromatic heterocycles. The van der Waals surface area contributed by atoms with Crippen LogP contribution in [0.1, 0.15) is 16.1 Å². The monoisotopic (exact) mass is 328 g/mol. The van der Waals surface area contributed by atoms with Crippen LogP contribution in [0.5, 0.6) is 5.75 Å². The van der Waals surface area contributed by atoms with Gasteiger partial charge in [0.2, 0.25) is 0 Å². The van der Waals surface area contributed by atoms with E-state index in [1.807, 2.05) is 6.07 Å². The third-order valence-corrected chi connectivity index (χ3v) is 3.36. The van der Waals surface area contributed by atoms with Gasteiger partial charge >= 0.3 is 5.91 Å². The van der Waals surface area contributed by atoms with Crippen molar-refractivity contribution in [2.75, 3.05) is 5.73 Å². The average molecular weight is 329 g/mol. The molecular formula is C14H9ClN6O2. The smallest absolute Gasteiger partial charge is 0.304 e. The summed E-state index contributed by atoms with van der Waals surface area (Å²) in [5, 5.41) is 27.1. The number of nitrogens with two attached hydrogens (primary N) is 1. The molecule has 0 atom stereocenters. The Morgan fingerprint density at radius 1 is 1.35 bits per heavy atom. The molecule has 0 saturated heterocycles. The Morgan fingerprint density at radius 2 is 2.04 bits per heavy atom. The number of nitriles is 1. The van der Waals surface area contributed by atoms with Crippen molar-refractivity contribution in [3.63, 3.8) is 0 Å². The van der Waals surface area contributed by atoms with Crippen molar-refractivity contribution < 1.29 is 9.90 Å². The Hall–Kier alpha value is -3.31. The summed E-state index contributed by atoms with van der Waals surface area (Å²) in [4.78, 5) is 12.4. The largest absolute Gasteiger partial charge is 0.504 e. The molecule has 0 aliphatic heterocycles. The average Bonchev–Trinajstić information content (AvgIpc) is 3.10. The number of benzene rings is 1.